The number of carbonyl (C=O) groups is 3. The third-order valence-electron chi connectivity index (χ3n) is 18.1. The van der Waals surface area contributed by atoms with Gasteiger partial charge in [-0.2, -0.15) is 0 Å². The first-order valence-corrected chi connectivity index (χ1v) is 38.5. The zero-order valence-corrected chi connectivity index (χ0v) is 57.0. The van der Waals surface area contributed by atoms with Gasteiger partial charge in [-0.25, -0.2) is 0 Å². The van der Waals surface area contributed by atoms with Crippen LogP contribution in [-0.2, 0) is 28.6 Å². The Balaban J connectivity index is 4.19. The molecule has 0 heterocycles. The molecule has 0 aliphatic carbocycles. The molecule has 0 aromatic rings. The molecule has 0 saturated heterocycles. The van der Waals surface area contributed by atoms with Crippen molar-refractivity contribution in [3.63, 3.8) is 0 Å². The van der Waals surface area contributed by atoms with Gasteiger partial charge in [0, 0.05) is 19.3 Å². The van der Waals surface area contributed by atoms with Gasteiger partial charge < -0.3 is 14.2 Å². The van der Waals surface area contributed by atoms with Gasteiger partial charge in [-0.05, 0) is 19.3 Å². The minimum Gasteiger partial charge on any atom is -0.462 e. The van der Waals surface area contributed by atoms with E-state index in [1.54, 1.807) is 0 Å². The maximum atomic E-state index is 13.0. The summed E-state index contributed by atoms with van der Waals surface area (Å²) >= 11 is 0. The summed E-state index contributed by atoms with van der Waals surface area (Å²) in [6, 6.07) is 0. The monoisotopic (exact) mass is 1170 g/mol. The molecule has 0 rings (SSSR count). The first kappa shape index (κ1) is 81.4. The predicted octanol–water partition coefficient (Wildman–Crippen LogP) is 26.6. The largest absolute Gasteiger partial charge is 0.462 e. The number of hydrogen-bond donors (Lipinski definition) is 0. The van der Waals surface area contributed by atoms with Gasteiger partial charge >= 0.3 is 17.9 Å². The Morgan fingerprint density at radius 1 is 0.193 bits per heavy atom. The summed E-state index contributed by atoms with van der Waals surface area (Å²) in [5.74, 6) is -0.814. The van der Waals surface area contributed by atoms with Gasteiger partial charge in [-0.15, -0.1) is 0 Å². The van der Waals surface area contributed by atoms with Crippen LogP contribution in [0.1, 0.15) is 457 Å². The Morgan fingerprint density at radius 3 is 0.482 bits per heavy atom. The maximum absolute atomic E-state index is 13.0. The summed E-state index contributed by atoms with van der Waals surface area (Å²) < 4.78 is 17.1. The van der Waals surface area contributed by atoms with Crippen LogP contribution < -0.4 is 0 Å². The maximum Gasteiger partial charge on any atom is 0.306 e. The van der Waals surface area contributed by atoms with Gasteiger partial charge in [-0.3, -0.25) is 14.4 Å². The van der Waals surface area contributed by atoms with Crippen LogP contribution in [0.4, 0.5) is 0 Å². The third-order valence-corrected chi connectivity index (χ3v) is 18.1. The summed E-state index contributed by atoms with van der Waals surface area (Å²) in [7, 11) is 0. The lowest BCUT2D eigenvalue weighted by atomic mass is 10.0. The van der Waals surface area contributed by atoms with Gasteiger partial charge in [0.1, 0.15) is 13.2 Å². The molecule has 0 saturated carbocycles. The molecule has 1 unspecified atom stereocenters. The van der Waals surface area contributed by atoms with Crippen molar-refractivity contribution in [2.75, 3.05) is 13.2 Å². The van der Waals surface area contributed by atoms with Crippen molar-refractivity contribution >= 4 is 17.9 Å². The molecule has 0 N–H and O–H groups in total. The van der Waals surface area contributed by atoms with E-state index in [9.17, 15) is 14.4 Å². The van der Waals surface area contributed by atoms with E-state index in [0.717, 1.165) is 57.8 Å². The molecule has 494 valence electrons. The van der Waals surface area contributed by atoms with E-state index in [0.29, 0.717) is 19.3 Å². The fourth-order valence-corrected chi connectivity index (χ4v) is 12.3. The van der Waals surface area contributed by atoms with E-state index in [1.807, 2.05) is 0 Å². The van der Waals surface area contributed by atoms with Crippen LogP contribution in [0.15, 0.2) is 0 Å². The summed E-state index contributed by atoms with van der Waals surface area (Å²) in [5.41, 5.74) is 0. The average Bonchev–Trinajstić information content (AvgIpc) is 3.49. The number of rotatable bonds is 73. The minimum atomic E-state index is -0.764. The highest BCUT2D eigenvalue weighted by Crippen LogP contribution is 2.20. The van der Waals surface area contributed by atoms with E-state index >= 15 is 0 Å². The van der Waals surface area contributed by atoms with E-state index in [1.165, 1.54) is 360 Å². The fourth-order valence-electron chi connectivity index (χ4n) is 12.3. The number of hydrogen-bond acceptors (Lipinski definition) is 6. The lowest BCUT2D eigenvalue weighted by molar-refractivity contribution is -0.167. The molecule has 0 aromatic carbocycles. The quantitative estimate of drug-likeness (QED) is 0.0343. The van der Waals surface area contributed by atoms with Crippen LogP contribution in [0, 0.1) is 0 Å². The number of ether oxygens (including phenoxy) is 3. The second-order valence-electron chi connectivity index (χ2n) is 26.6. The minimum absolute atomic E-state index is 0.0598. The molecule has 6 nitrogen and oxygen atoms in total. The first-order chi connectivity index (χ1) is 41.0. The molecule has 83 heavy (non-hydrogen) atoms. The zero-order chi connectivity index (χ0) is 59.9. The van der Waals surface area contributed by atoms with Crippen LogP contribution in [0.3, 0.4) is 0 Å². The lowest BCUT2D eigenvalue weighted by Crippen LogP contribution is -2.30. The summed E-state index contributed by atoms with van der Waals surface area (Å²) in [5, 5.41) is 0. The van der Waals surface area contributed by atoms with E-state index in [2.05, 4.69) is 20.8 Å². The Morgan fingerprint density at radius 2 is 0.325 bits per heavy atom. The molecule has 1 atom stereocenters. The van der Waals surface area contributed by atoms with Crippen LogP contribution in [0.5, 0.6) is 0 Å². The Kier molecular flexibility index (Phi) is 71.5. The Bertz CT molecular complexity index is 1250. The normalized spacial score (nSPS) is 11.9. The summed E-state index contributed by atoms with van der Waals surface area (Å²) in [4.78, 5) is 38.5. The van der Waals surface area contributed by atoms with E-state index < -0.39 is 6.10 Å². The zero-order valence-electron chi connectivity index (χ0n) is 57.0. The first-order valence-electron chi connectivity index (χ1n) is 38.5. The van der Waals surface area contributed by atoms with Crippen molar-refractivity contribution in [2.24, 2.45) is 0 Å². The SMILES string of the molecule is CCCCCCCCCCCCCCCCCCCCCCCCCCCCC(=O)OCC(COC(=O)CCCCCCCCCCCCCCCCC)OC(=O)CCCCCCCCCCCCCCCCCCCCCCCCCC. The predicted molar refractivity (Wildman–Crippen MR) is 363 cm³/mol. The highest BCUT2D eigenvalue weighted by atomic mass is 16.6. The van der Waals surface area contributed by atoms with Crippen molar-refractivity contribution in [3.8, 4) is 0 Å². The smallest absolute Gasteiger partial charge is 0.306 e. The molecule has 0 aliphatic rings. The van der Waals surface area contributed by atoms with E-state index in [-0.39, 0.29) is 31.1 Å². The van der Waals surface area contributed by atoms with Crippen LogP contribution in [0.25, 0.3) is 0 Å². The number of esters is 3. The second kappa shape index (κ2) is 72.9. The molecule has 0 aliphatic heterocycles. The fraction of sp³-hybridized carbons (Fsp3) is 0.961. The van der Waals surface area contributed by atoms with Crippen molar-refractivity contribution in [3.05, 3.63) is 0 Å². The summed E-state index contributed by atoms with van der Waals surface area (Å²) in [6.45, 7) is 6.76. The molecule has 0 radical (unpaired) electrons. The molecule has 0 aromatic heterocycles. The van der Waals surface area contributed by atoms with Gasteiger partial charge in [0.25, 0.3) is 0 Å². The molecule has 0 fully saturated rings. The van der Waals surface area contributed by atoms with Gasteiger partial charge in [0.05, 0.1) is 0 Å². The molecular weight excluding hydrogens is 1020 g/mol. The van der Waals surface area contributed by atoms with Gasteiger partial charge in [0.2, 0.25) is 0 Å². The van der Waals surface area contributed by atoms with Gasteiger partial charge in [-0.1, -0.05) is 419 Å². The van der Waals surface area contributed by atoms with Crippen LogP contribution in [0.2, 0.25) is 0 Å². The molecule has 0 bridgehead atoms. The molecular formula is C77H150O6. The second-order valence-corrected chi connectivity index (χ2v) is 26.6. The highest BCUT2D eigenvalue weighted by molar-refractivity contribution is 5.71. The van der Waals surface area contributed by atoms with Crippen molar-refractivity contribution in [1.82, 2.24) is 0 Å². The van der Waals surface area contributed by atoms with E-state index in [4.69, 9.17) is 14.2 Å². The van der Waals surface area contributed by atoms with Crippen molar-refractivity contribution in [1.29, 1.82) is 0 Å². The third kappa shape index (κ3) is 71.1. The summed E-state index contributed by atoms with van der Waals surface area (Å²) in [6.07, 6.45) is 87.3. The highest BCUT2D eigenvalue weighted by Gasteiger charge is 2.20. The van der Waals surface area contributed by atoms with Crippen LogP contribution in [-0.4, -0.2) is 37.2 Å². The number of carbonyl (C=O) groups excluding carboxylic acids is 3. The lowest BCUT2D eigenvalue weighted by Gasteiger charge is -2.18. The molecule has 6 heteroatoms. The number of unbranched alkanes of at least 4 members (excludes halogenated alkanes) is 62. The Hall–Kier alpha value is -1.59. The van der Waals surface area contributed by atoms with Crippen molar-refractivity contribution < 1.29 is 28.6 Å². The molecule has 0 amide bonds. The average molecular weight is 1170 g/mol. The molecule has 0 spiro atoms. The van der Waals surface area contributed by atoms with Crippen molar-refractivity contribution in [2.45, 2.75) is 463 Å². The van der Waals surface area contributed by atoms with Gasteiger partial charge in [0.15, 0.2) is 6.10 Å². The Labute approximate surface area is 520 Å². The topological polar surface area (TPSA) is 78.9 Å². The van der Waals surface area contributed by atoms with Crippen LogP contribution >= 0.6 is 0 Å². The standard InChI is InChI=1S/C77H150O6/c1-4-7-10-13-16-19-22-25-28-30-32-34-36-38-39-41-42-44-46-49-52-55-58-61-64-67-70-76(79)82-73-74(72-81-75(78)69-66-63-60-57-54-51-48-27-24-21-18-15-12-9-6-3)83-77(80)71-68-65-62-59-56-53-50-47-45-43-40-37-35-33-31-29-26-23-20-17-14-11-8-5-2/h74H,4-73H2,1-3H3.